The van der Waals surface area contributed by atoms with Crippen LogP contribution >= 0.6 is 46.3 Å². The SMILES string of the molecule is Cc1nc(C)c(-c2ccc(SCc3ccc(Cl)cc3Cl)nn2)s1. The molecule has 0 spiro atoms. The second-order valence-corrected chi connectivity index (χ2v) is 7.97. The lowest BCUT2D eigenvalue weighted by Gasteiger charge is -2.04. The molecule has 0 radical (unpaired) electrons. The minimum absolute atomic E-state index is 0.642. The number of halogens is 2. The highest BCUT2D eigenvalue weighted by atomic mass is 35.5. The van der Waals surface area contributed by atoms with Crippen molar-refractivity contribution < 1.29 is 0 Å². The Hall–Kier alpha value is -1.14. The second kappa shape index (κ2) is 7.18. The number of hydrogen-bond donors (Lipinski definition) is 0. The summed E-state index contributed by atoms with van der Waals surface area (Å²) in [6.07, 6.45) is 0. The van der Waals surface area contributed by atoms with Gasteiger partial charge in [0.1, 0.15) is 10.7 Å². The Bertz CT molecular complexity index is 832. The molecule has 0 saturated heterocycles. The third kappa shape index (κ3) is 4.04. The third-order valence-corrected chi connectivity index (χ3v) is 5.82. The first-order valence-electron chi connectivity index (χ1n) is 6.88. The molecule has 3 rings (SSSR count). The monoisotopic (exact) mass is 381 g/mol. The average molecular weight is 382 g/mol. The van der Waals surface area contributed by atoms with Crippen molar-refractivity contribution in [2.24, 2.45) is 0 Å². The zero-order valence-electron chi connectivity index (χ0n) is 12.5. The van der Waals surface area contributed by atoms with Crippen LogP contribution in [0.3, 0.4) is 0 Å². The number of rotatable bonds is 4. The number of hydrogen-bond acceptors (Lipinski definition) is 5. The van der Waals surface area contributed by atoms with Gasteiger partial charge in [0.25, 0.3) is 0 Å². The molecule has 0 atom stereocenters. The minimum atomic E-state index is 0.642. The van der Waals surface area contributed by atoms with Gasteiger partial charge in [-0.25, -0.2) is 4.98 Å². The van der Waals surface area contributed by atoms with Gasteiger partial charge < -0.3 is 0 Å². The van der Waals surface area contributed by atoms with E-state index in [9.17, 15) is 0 Å². The molecule has 0 amide bonds. The van der Waals surface area contributed by atoms with Gasteiger partial charge in [0.05, 0.1) is 15.6 Å². The van der Waals surface area contributed by atoms with Crippen molar-refractivity contribution in [3.05, 3.63) is 56.6 Å². The Morgan fingerprint density at radius 3 is 2.52 bits per heavy atom. The molecule has 0 saturated carbocycles. The van der Waals surface area contributed by atoms with Crippen molar-refractivity contribution in [2.45, 2.75) is 24.6 Å². The van der Waals surface area contributed by atoms with Crippen LogP contribution in [0.2, 0.25) is 10.0 Å². The average Bonchev–Trinajstić information content (AvgIpc) is 2.86. The van der Waals surface area contributed by atoms with Gasteiger partial charge in [0.15, 0.2) is 0 Å². The predicted molar refractivity (Wildman–Crippen MR) is 98.6 cm³/mol. The van der Waals surface area contributed by atoms with E-state index in [-0.39, 0.29) is 0 Å². The van der Waals surface area contributed by atoms with Gasteiger partial charge in [0.2, 0.25) is 0 Å². The molecule has 118 valence electrons. The minimum Gasteiger partial charge on any atom is -0.246 e. The van der Waals surface area contributed by atoms with Crippen molar-refractivity contribution in [1.82, 2.24) is 15.2 Å². The van der Waals surface area contributed by atoms with Gasteiger partial charge in [0, 0.05) is 15.8 Å². The second-order valence-electron chi connectivity index (χ2n) is 4.93. The van der Waals surface area contributed by atoms with Crippen molar-refractivity contribution in [3.63, 3.8) is 0 Å². The molecule has 2 aromatic heterocycles. The fraction of sp³-hybridized carbons (Fsp3) is 0.188. The first-order valence-corrected chi connectivity index (χ1v) is 9.43. The summed E-state index contributed by atoms with van der Waals surface area (Å²) in [4.78, 5) is 5.50. The molecule has 1 aromatic carbocycles. The van der Waals surface area contributed by atoms with Crippen LogP contribution < -0.4 is 0 Å². The lowest BCUT2D eigenvalue weighted by atomic mass is 10.2. The molecule has 2 heterocycles. The number of aromatic nitrogens is 3. The number of thioether (sulfide) groups is 1. The van der Waals surface area contributed by atoms with Gasteiger partial charge >= 0.3 is 0 Å². The first kappa shape index (κ1) is 16.7. The summed E-state index contributed by atoms with van der Waals surface area (Å²) >= 11 is 15.3. The summed E-state index contributed by atoms with van der Waals surface area (Å²) < 4.78 is 0. The van der Waals surface area contributed by atoms with Crippen LogP contribution in [0.25, 0.3) is 10.6 Å². The predicted octanol–water partition coefficient (Wildman–Crippen LogP) is 5.82. The Morgan fingerprint density at radius 1 is 1.09 bits per heavy atom. The fourth-order valence-electron chi connectivity index (χ4n) is 2.08. The van der Waals surface area contributed by atoms with Crippen LogP contribution in [-0.2, 0) is 5.75 Å². The van der Waals surface area contributed by atoms with E-state index in [1.165, 1.54) is 0 Å². The van der Waals surface area contributed by atoms with Crippen molar-refractivity contribution in [2.75, 3.05) is 0 Å². The number of thiazole rings is 1. The molecule has 23 heavy (non-hydrogen) atoms. The van der Waals surface area contributed by atoms with Crippen molar-refractivity contribution in [3.8, 4) is 10.6 Å². The summed E-state index contributed by atoms with van der Waals surface area (Å²) in [7, 11) is 0. The van der Waals surface area contributed by atoms with E-state index >= 15 is 0 Å². The summed E-state index contributed by atoms with van der Waals surface area (Å²) in [5, 5.41) is 11.8. The standard InChI is InChI=1S/C16H13Cl2N3S2/c1-9-16(23-10(2)19-9)14-5-6-15(21-20-14)22-8-11-3-4-12(17)7-13(11)18/h3-7H,8H2,1-2H3. The molecule has 0 fully saturated rings. The lowest BCUT2D eigenvalue weighted by molar-refractivity contribution is 0.935. The largest absolute Gasteiger partial charge is 0.246 e. The highest BCUT2D eigenvalue weighted by Gasteiger charge is 2.10. The summed E-state index contributed by atoms with van der Waals surface area (Å²) in [5.41, 5.74) is 2.89. The molecule has 0 N–H and O–H groups in total. The molecule has 0 bridgehead atoms. The summed E-state index contributed by atoms with van der Waals surface area (Å²) in [6, 6.07) is 9.49. The molecular weight excluding hydrogens is 369 g/mol. The van der Waals surface area contributed by atoms with Crippen LogP contribution in [-0.4, -0.2) is 15.2 Å². The Balaban J connectivity index is 1.71. The maximum atomic E-state index is 6.18. The highest BCUT2D eigenvalue weighted by Crippen LogP contribution is 2.30. The highest BCUT2D eigenvalue weighted by molar-refractivity contribution is 7.98. The number of aryl methyl sites for hydroxylation is 2. The van der Waals surface area contributed by atoms with Crippen LogP contribution in [0.15, 0.2) is 35.4 Å². The Labute approximate surface area is 153 Å². The zero-order chi connectivity index (χ0) is 16.4. The summed E-state index contributed by atoms with van der Waals surface area (Å²) in [5.74, 6) is 0.725. The van der Waals surface area contributed by atoms with Crippen LogP contribution in [0.1, 0.15) is 16.3 Å². The van der Waals surface area contributed by atoms with Crippen molar-refractivity contribution >= 4 is 46.3 Å². The van der Waals surface area contributed by atoms with Crippen LogP contribution in [0, 0.1) is 13.8 Å². The van der Waals surface area contributed by atoms with E-state index in [4.69, 9.17) is 23.2 Å². The third-order valence-electron chi connectivity index (χ3n) is 3.17. The van der Waals surface area contributed by atoms with Gasteiger partial charge in [-0.15, -0.1) is 21.5 Å². The first-order chi connectivity index (χ1) is 11.0. The van der Waals surface area contributed by atoms with E-state index < -0.39 is 0 Å². The van der Waals surface area contributed by atoms with Gasteiger partial charge in [-0.3, -0.25) is 0 Å². The van der Waals surface area contributed by atoms with Crippen molar-refractivity contribution in [1.29, 1.82) is 0 Å². The Kier molecular flexibility index (Phi) is 5.21. The molecule has 7 heteroatoms. The van der Waals surface area contributed by atoms with Crippen LogP contribution in [0.5, 0.6) is 0 Å². The van der Waals surface area contributed by atoms with E-state index in [1.807, 2.05) is 38.1 Å². The van der Waals surface area contributed by atoms with E-state index in [0.29, 0.717) is 10.0 Å². The van der Waals surface area contributed by atoms with Gasteiger partial charge in [-0.05, 0) is 43.7 Å². The van der Waals surface area contributed by atoms with E-state index in [1.54, 1.807) is 29.2 Å². The van der Waals surface area contributed by atoms with E-state index in [0.717, 1.165) is 37.6 Å². The number of nitrogens with zero attached hydrogens (tertiary/aromatic N) is 3. The maximum Gasteiger partial charge on any atom is 0.119 e. The molecule has 0 aliphatic heterocycles. The zero-order valence-corrected chi connectivity index (χ0v) is 15.7. The quantitative estimate of drug-likeness (QED) is 0.533. The number of benzene rings is 1. The molecule has 0 aliphatic rings. The smallest absolute Gasteiger partial charge is 0.119 e. The molecule has 3 aromatic rings. The fourth-order valence-corrected chi connectivity index (χ4v) is 4.33. The maximum absolute atomic E-state index is 6.18. The van der Waals surface area contributed by atoms with E-state index in [2.05, 4.69) is 15.2 Å². The summed E-state index contributed by atoms with van der Waals surface area (Å²) in [6.45, 7) is 3.99. The van der Waals surface area contributed by atoms with Gasteiger partial charge in [-0.1, -0.05) is 41.0 Å². The lowest BCUT2D eigenvalue weighted by Crippen LogP contribution is -1.90. The normalized spacial score (nSPS) is 11.0. The molecular formula is C16H13Cl2N3S2. The molecule has 3 nitrogen and oxygen atoms in total. The Morgan fingerprint density at radius 2 is 1.91 bits per heavy atom. The van der Waals surface area contributed by atoms with Crippen LogP contribution in [0.4, 0.5) is 0 Å². The van der Waals surface area contributed by atoms with Gasteiger partial charge in [-0.2, -0.15) is 0 Å². The topological polar surface area (TPSA) is 38.7 Å². The molecule has 0 aliphatic carbocycles. The molecule has 0 unspecified atom stereocenters.